The molecule has 6 nitrogen and oxygen atoms in total. The van der Waals surface area contributed by atoms with E-state index in [-0.39, 0.29) is 30.0 Å². The van der Waals surface area contributed by atoms with E-state index in [0.29, 0.717) is 23.4 Å². The molecule has 0 aromatic heterocycles. The Morgan fingerprint density at radius 3 is 2.19 bits per heavy atom. The van der Waals surface area contributed by atoms with Gasteiger partial charge in [0.2, 0.25) is 10.0 Å². The van der Waals surface area contributed by atoms with Gasteiger partial charge in [-0.15, -0.1) is 24.0 Å². The van der Waals surface area contributed by atoms with E-state index in [1.165, 1.54) is 25.7 Å². The van der Waals surface area contributed by atoms with E-state index in [0.717, 1.165) is 31.2 Å². The number of aliphatic imine (C=N–C) groups is 1. The van der Waals surface area contributed by atoms with Crippen LogP contribution in [0.1, 0.15) is 56.9 Å². The SMILES string of the molecule is I.NC(=NCc1ccc(S(=O)(=O)NC2CC2)cc1)NC1CCCCCC1. The highest BCUT2D eigenvalue weighted by Crippen LogP contribution is 2.22. The molecular weight excluding hydrogens is 463 g/mol. The van der Waals surface area contributed by atoms with Gasteiger partial charge in [-0.2, -0.15) is 0 Å². The lowest BCUT2D eigenvalue weighted by molar-refractivity contribution is 0.530. The molecule has 3 rings (SSSR count). The summed E-state index contributed by atoms with van der Waals surface area (Å²) in [6.45, 7) is 0.446. The minimum atomic E-state index is -3.39. The van der Waals surface area contributed by atoms with Crippen molar-refractivity contribution in [1.29, 1.82) is 0 Å². The van der Waals surface area contributed by atoms with Crippen LogP contribution in [0.3, 0.4) is 0 Å². The number of nitrogens with two attached hydrogens (primary N) is 1. The molecule has 8 heteroatoms. The molecule has 0 spiro atoms. The third kappa shape index (κ3) is 6.70. The summed E-state index contributed by atoms with van der Waals surface area (Å²) in [5.41, 5.74) is 6.94. The molecule has 1 aromatic carbocycles. The van der Waals surface area contributed by atoms with Crippen LogP contribution >= 0.6 is 24.0 Å². The molecule has 1 aromatic rings. The van der Waals surface area contributed by atoms with Crippen molar-refractivity contribution in [3.05, 3.63) is 29.8 Å². The maximum absolute atomic E-state index is 12.1. The van der Waals surface area contributed by atoms with E-state index in [4.69, 9.17) is 5.73 Å². The highest BCUT2D eigenvalue weighted by atomic mass is 127. The van der Waals surface area contributed by atoms with Gasteiger partial charge in [-0.25, -0.2) is 18.1 Å². The molecule has 4 N–H and O–H groups in total. The molecule has 2 fully saturated rings. The van der Waals surface area contributed by atoms with Crippen molar-refractivity contribution in [1.82, 2.24) is 10.0 Å². The van der Waals surface area contributed by atoms with E-state index < -0.39 is 10.0 Å². The number of nitrogens with one attached hydrogen (secondary N) is 2. The number of rotatable bonds is 6. The monoisotopic (exact) mass is 492 g/mol. The van der Waals surface area contributed by atoms with Crippen molar-refractivity contribution in [2.45, 2.75) is 74.9 Å². The maximum Gasteiger partial charge on any atom is 0.240 e. The summed E-state index contributed by atoms with van der Waals surface area (Å²) in [5, 5.41) is 3.32. The van der Waals surface area contributed by atoms with Gasteiger partial charge in [0.25, 0.3) is 0 Å². The Kier molecular flexibility index (Phi) is 8.15. The van der Waals surface area contributed by atoms with Crippen LogP contribution in [0.25, 0.3) is 0 Å². The smallest absolute Gasteiger partial charge is 0.240 e. The second-order valence-corrected chi connectivity index (χ2v) is 8.79. The zero-order valence-corrected chi connectivity index (χ0v) is 18.1. The summed E-state index contributed by atoms with van der Waals surface area (Å²) in [6.07, 6.45) is 9.26. The normalized spacial score (nSPS) is 19.5. The molecule has 0 bridgehead atoms. The Morgan fingerprint density at radius 2 is 1.62 bits per heavy atom. The molecule has 146 valence electrons. The Labute approximate surface area is 173 Å². The van der Waals surface area contributed by atoms with Crippen molar-refractivity contribution >= 4 is 40.0 Å². The standard InChI is InChI=1S/C18H28N4O2S.HI/c19-18(21-15-5-3-1-2-4-6-15)20-13-14-7-11-17(12-8-14)25(23,24)22-16-9-10-16;/h7-8,11-12,15-16,22H,1-6,9-10,13H2,(H3,19,20,21);1H. The van der Waals surface area contributed by atoms with Crippen LogP contribution in [0, 0.1) is 0 Å². The Bertz CT molecular complexity index is 694. The van der Waals surface area contributed by atoms with Crippen LogP contribution in [-0.2, 0) is 16.6 Å². The number of guanidine groups is 1. The summed E-state index contributed by atoms with van der Waals surface area (Å²) < 4.78 is 27.0. The van der Waals surface area contributed by atoms with Gasteiger partial charge in [0.05, 0.1) is 11.4 Å². The Morgan fingerprint density at radius 1 is 1.00 bits per heavy atom. The van der Waals surface area contributed by atoms with Crippen molar-refractivity contribution in [2.24, 2.45) is 10.7 Å². The fraction of sp³-hybridized carbons (Fsp3) is 0.611. The van der Waals surface area contributed by atoms with Crippen LogP contribution in [-0.4, -0.2) is 26.5 Å². The molecule has 0 saturated heterocycles. The van der Waals surface area contributed by atoms with Crippen LogP contribution in [0.15, 0.2) is 34.2 Å². The predicted molar refractivity (Wildman–Crippen MR) is 115 cm³/mol. The second kappa shape index (κ2) is 9.89. The topological polar surface area (TPSA) is 96.6 Å². The minimum absolute atomic E-state index is 0. The van der Waals surface area contributed by atoms with Crippen LogP contribution in [0.4, 0.5) is 0 Å². The van der Waals surface area contributed by atoms with E-state index in [1.54, 1.807) is 24.3 Å². The van der Waals surface area contributed by atoms with Gasteiger partial charge in [-0.3, -0.25) is 0 Å². The Balaban J connectivity index is 0.00000243. The van der Waals surface area contributed by atoms with Crippen LogP contribution in [0.5, 0.6) is 0 Å². The first-order valence-electron chi connectivity index (χ1n) is 9.21. The molecule has 0 amide bonds. The molecule has 0 radical (unpaired) electrons. The van der Waals surface area contributed by atoms with E-state index in [1.807, 2.05) is 0 Å². The quantitative estimate of drug-likeness (QED) is 0.246. The van der Waals surface area contributed by atoms with Gasteiger partial charge in [0.15, 0.2) is 5.96 Å². The first-order valence-corrected chi connectivity index (χ1v) is 10.7. The summed E-state index contributed by atoms with van der Waals surface area (Å²) >= 11 is 0. The molecule has 2 aliphatic carbocycles. The van der Waals surface area contributed by atoms with Gasteiger partial charge >= 0.3 is 0 Å². The van der Waals surface area contributed by atoms with Crippen LogP contribution in [0.2, 0.25) is 0 Å². The van der Waals surface area contributed by atoms with Gasteiger partial charge in [0.1, 0.15) is 0 Å². The molecule has 26 heavy (non-hydrogen) atoms. The van der Waals surface area contributed by atoms with E-state index in [2.05, 4.69) is 15.0 Å². The molecule has 2 saturated carbocycles. The average molecular weight is 492 g/mol. The molecule has 0 heterocycles. The zero-order chi connectivity index (χ0) is 17.7. The van der Waals surface area contributed by atoms with Crippen LogP contribution < -0.4 is 15.8 Å². The lowest BCUT2D eigenvalue weighted by atomic mass is 10.1. The number of hydrogen-bond acceptors (Lipinski definition) is 3. The van der Waals surface area contributed by atoms with E-state index >= 15 is 0 Å². The third-order valence-corrected chi connectivity index (χ3v) is 6.31. The number of benzene rings is 1. The zero-order valence-electron chi connectivity index (χ0n) is 15.0. The summed E-state index contributed by atoms with van der Waals surface area (Å²) in [6, 6.07) is 7.39. The lowest BCUT2D eigenvalue weighted by Crippen LogP contribution is -2.39. The molecule has 0 unspecified atom stereocenters. The van der Waals surface area contributed by atoms with Crippen molar-refractivity contribution in [2.75, 3.05) is 0 Å². The third-order valence-electron chi connectivity index (χ3n) is 4.77. The molecule has 0 atom stereocenters. The highest BCUT2D eigenvalue weighted by Gasteiger charge is 2.27. The lowest BCUT2D eigenvalue weighted by Gasteiger charge is -2.16. The van der Waals surface area contributed by atoms with Gasteiger partial charge in [-0.05, 0) is 43.4 Å². The summed E-state index contributed by atoms with van der Waals surface area (Å²) in [5.74, 6) is 0.471. The second-order valence-electron chi connectivity index (χ2n) is 7.07. The van der Waals surface area contributed by atoms with Crippen molar-refractivity contribution in [3.8, 4) is 0 Å². The van der Waals surface area contributed by atoms with Gasteiger partial charge in [0, 0.05) is 12.1 Å². The summed E-state index contributed by atoms with van der Waals surface area (Å²) in [7, 11) is -3.39. The molecular formula is C18H29IN4O2S. The fourth-order valence-corrected chi connectivity index (χ4v) is 4.42. The fourth-order valence-electron chi connectivity index (χ4n) is 3.12. The minimum Gasteiger partial charge on any atom is -0.370 e. The van der Waals surface area contributed by atoms with Crippen molar-refractivity contribution in [3.63, 3.8) is 0 Å². The first-order chi connectivity index (χ1) is 12.0. The molecule has 2 aliphatic rings. The predicted octanol–water partition coefficient (Wildman–Crippen LogP) is 2.87. The number of sulfonamides is 1. The van der Waals surface area contributed by atoms with Gasteiger partial charge < -0.3 is 11.1 Å². The van der Waals surface area contributed by atoms with E-state index in [9.17, 15) is 8.42 Å². The number of halogens is 1. The summed E-state index contributed by atoms with van der Waals surface area (Å²) in [4.78, 5) is 4.69. The van der Waals surface area contributed by atoms with Gasteiger partial charge in [-0.1, -0.05) is 37.8 Å². The highest BCUT2D eigenvalue weighted by molar-refractivity contribution is 14.0. The first kappa shape index (κ1) is 21.4. The Hall–Kier alpha value is -0.870. The molecule has 0 aliphatic heterocycles. The largest absolute Gasteiger partial charge is 0.370 e. The average Bonchev–Trinajstić information content (AvgIpc) is 3.41. The number of nitrogens with zero attached hydrogens (tertiary/aromatic N) is 1. The maximum atomic E-state index is 12.1. The van der Waals surface area contributed by atoms with Crippen molar-refractivity contribution < 1.29 is 8.42 Å². The number of hydrogen-bond donors (Lipinski definition) is 3.